The van der Waals surface area contributed by atoms with Crippen LogP contribution in [-0.2, 0) is 12.0 Å². The molecule has 0 atom stereocenters. The summed E-state index contributed by atoms with van der Waals surface area (Å²) in [4.78, 5) is 0. The Labute approximate surface area is 96.9 Å². The lowest BCUT2D eigenvalue weighted by molar-refractivity contribution is 0.281. The van der Waals surface area contributed by atoms with Gasteiger partial charge in [-0.3, -0.25) is 9.67 Å². The molecule has 0 fully saturated rings. The summed E-state index contributed by atoms with van der Waals surface area (Å²) in [6.45, 7) is 8.82. The van der Waals surface area contributed by atoms with E-state index in [0.717, 1.165) is 36.3 Å². The maximum Gasteiger partial charge on any atom is 0.195 e. The Hall–Kier alpha value is -0.640. The van der Waals surface area contributed by atoms with Gasteiger partial charge >= 0.3 is 0 Å². The van der Waals surface area contributed by atoms with E-state index < -0.39 is 0 Å². The van der Waals surface area contributed by atoms with Crippen molar-refractivity contribution < 1.29 is 0 Å². The molecule has 1 aromatic heterocycles. The van der Waals surface area contributed by atoms with E-state index in [9.17, 15) is 0 Å². The second kappa shape index (κ2) is 4.92. The molecular formula is C11H21N3S. The molecule has 0 amide bonds. The van der Waals surface area contributed by atoms with Crippen molar-refractivity contribution in [1.82, 2.24) is 14.8 Å². The van der Waals surface area contributed by atoms with E-state index in [-0.39, 0.29) is 5.54 Å². The first-order valence-corrected chi connectivity index (χ1v) is 6.16. The molecule has 0 aliphatic heterocycles. The fourth-order valence-corrected chi connectivity index (χ4v) is 2.22. The van der Waals surface area contributed by atoms with Gasteiger partial charge in [0.05, 0.1) is 0 Å². The number of aromatic nitrogens is 3. The Morgan fingerprint density at radius 1 is 1.33 bits per heavy atom. The number of H-pyrrole nitrogens is 1. The predicted octanol–water partition coefficient (Wildman–Crippen LogP) is 3.43. The molecule has 1 heterocycles. The maximum absolute atomic E-state index is 5.31. The number of nitrogens with zero attached hydrogens (tertiary/aromatic N) is 2. The summed E-state index contributed by atoms with van der Waals surface area (Å²) in [5, 5.41) is 7.23. The van der Waals surface area contributed by atoms with Crippen LogP contribution in [0.15, 0.2) is 0 Å². The second-order valence-electron chi connectivity index (χ2n) is 4.23. The molecule has 4 heteroatoms. The van der Waals surface area contributed by atoms with E-state index in [0.29, 0.717) is 0 Å². The third-order valence-electron chi connectivity index (χ3n) is 3.28. The molecule has 0 spiro atoms. The first-order chi connectivity index (χ1) is 7.09. The van der Waals surface area contributed by atoms with E-state index in [2.05, 4.69) is 42.5 Å². The van der Waals surface area contributed by atoms with Gasteiger partial charge in [0.2, 0.25) is 0 Å². The Kier molecular flexibility index (Phi) is 4.08. The molecule has 0 unspecified atom stereocenters. The quantitative estimate of drug-likeness (QED) is 0.782. The summed E-state index contributed by atoms with van der Waals surface area (Å²) in [7, 11) is 0. The first-order valence-electron chi connectivity index (χ1n) is 5.75. The van der Waals surface area contributed by atoms with Crippen molar-refractivity contribution in [1.29, 1.82) is 0 Å². The molecule has 1 aromatic rings. The number of rotatable bonds is 5. The van der Waals surface area contributed by atoms with Crippen molar-refractivity contribution in [3.63, 3.8) is 0 Å². The fraction of sp³-hybridized carbons (Fsp3) is 0.818. The van der Waals surface area contributed by atoms with E-state index in [1.807, 2.05) is 0 Å². The highest BCUT2D eigenvalue weighted by atomic mass is 32.1. The van der Waals surface area contributed by atoms with Crippen LogP contribution in [0.5, 0.6) is 0 Å². The van der Waals surface area contributed by atoms with E-state index in [1.54, 1.807) is 0 Å². The Morgan fingerprint density at radius 3 is 2.40 bits per heavy atom. The van der Waals surface area contributed by atoms with Crippen LogP contribution in [0.2, 0.25) is 0 Å². The van der Waals surface area contributed by atoms with E-state index >= 15 is 0 Å². The lowest BCUT2D eigenvalue weighted by atomic mass is 9.95. The molecule has 0 radical (unpaired) electrons. The van der Waals surface area contributed by atoms with Gasteiger partial charge in [-0.1, -0.05) is 20.8 Å². The minimum atomic E-state index is 0.106. The van der Waals surface area contributed by atoms with Gasteiger partial charge in [-0.2, -0.15) is 5.10 Å². The minimum Gasteiger partial charge on any atom is -0.298 e. The lowest BCUT2D eigenvalue weighted by Gasteiger charge is -2.29. The second-order valence-corrected chi connectivity index (χ2v) is 4.62. The zero-order valence-electron chi connectivity index (χ0n) is 10.1. The molecule has 0 aliphatic carbocycles. The van der Waals surface area contributed by atoms with Crippen LogP contribution >= 0.6 is 12.2 Å². The normalized spacial score (nSPS) is 12.0. The van der Waals surface area contributed by atoms with Gasteiger partial charge in [0.1, 0.15) is 5.82 Å². The van der Waals surface area contributed by atoms with Gasteiger partial charge in [-0.05, 0) is 38.4 Å². The highest BCUT2D eigenvalue weighted by molar-refractivity contribution is 7.71. The van der Waals surface area contributed by atoms with Crippen LogP contribution in [0.25, 0.3) is 0 Å². The molecule has 0 bridgehead atoms. The van der Waals surface area contributed by atoms with Crippen molar-refractivity contribution >= 4 is 12.2 Å². The average Bonchev–Trinajstić information content (AvgIpc) is 2.60. The molecule has 0 saturated carbocycles. The Balaban J connectivity index is 3.21. The Bertz CT molecular complexity index is 360. The largest absolute Gasteiger partial charge is 0.298 e. The summed E-state index contributed by atoms with van der Waals surface area (Å²) >= 11 is 5.31. The number of aromatic amines is 1. The predicted molar refractivity (Wildman–Crippen MR) is 65.6 cm³/mol. The molecule has 0 aliphatic rings. The first kappa shape index (κ1) is 12.4. The van der Waals surface area contributed by atoms with E-state index in [4.69, 9.17) is 12.2 Å². The highest BCUT2D eigenvalue weighted by Crippen LogP contribution is 2.26. The summed E-state index contributed by atoms with van der Waals surface area (Å²) in [5.74, 6) is 1.09. The van der Waals surface area contributed by atoms with Crippen molar-refractivity contribution in [3.05, 3.63) is 10.6 Å². The van der Waals surface area contributed by atoms with Crippen LogP contribution in [0.4, 0.5) is 0 Å². The van der Waals surface area contributed by atoms with Crippen LogP contribution < -0.4 is 0 Å². The molecule has 1 N–H and O–H groups in total. The minimum absolute atomic E-state index is 0.106. The van der Waals surface area contributed by atoms with Crippen LogP contribution in [0.3, 0.4) is 0 Å². The molecular weight excluding hydrogens is 206 g/mol. The van der Waals surface area contributed by atoms with Crippen LogP contribution in [0, 0.1) is 4.77 Å². The van der Waals surface area contributed by atoms with Gasteiger partial charge < -0.3 is 0 Å². The average molecular weight is 227 g/mol. The van der Waals surface area contributed by atoms with Gasteiger partial charge in [0.15, 0.2) is 4.77 Å². The van der Waals surface area contributed by atoms with Gasteiger partial charge in [-0.15, -0.1) is 0 Å². The molecule has 1 rings (SSSR count). The molecule has 15 heavy (non-hydrogen) atoms. The monoisotopic (exact) mass is 227 g/mol. The smallest absolute Gasteiger partial charge is 0.195 e. The van der Waals surface area contributed by atoms with Crippen molar-refractivity contribution in [2.75, 3.05) is 0 Å². The van der Waals surface area contributed by atoms with Gasteiger partial charge in [-0.25, -0.2) is 0 Å². The third kappa shape index (κ3) is 2.30. The Morgan fingerprint density at radius 2 is 1.93 bits per heavy atom. The molecule has 3 nitrogen and oxygen atoms in total. The lowest BCUT2D eigenvalue weighted by Crippen LogP contribution is -2.30. The summed E-state index contributed by atoms with van der Waals surface area (Å²) in [6, 6.07) is 0. The number of nitrogens with one attached hydrogen (secondary N) is 1. The molecule has 0 aromatic carbocycles. The fourth-order valence-electron chi connectivity index (χ4n) is 1.84. The summed E-state index contributed by atoms with van der Waals surface area (Å²) in [5.41, 5.74) is 0.106. The number of hydrogen-bond donors (Lipinski definition) is 1. The van der Waals surface area contributed by atoms with Crippen LogP contribution in [-0.4, -0.2) is 14.8 Å². The van der Waals surface area contributed by atoms with Crippen molar-refractivity contribution in [3.8, 4) is 0 Å². The maximum atomic E-state index is 5.31. The zero-order chi connectivity index (χ0) is 11.5. The van der Waals surface area contributed by atoms with Gasteiger partial charge in [0.25, 0.3) is 0 Å². The summed E-state index contributed by atoms with van der Waals surface area (Å²) < 4.78 is 2.95. The van der Waals surface area contributed by atoms with Crippen LogP contribution in [0.1, 0.15) is 52.8 Å². The molecule has 0 saturated heterocycles. The zero-order valence-corrected chi connectivity index (χ0v) is 10.9. The number of aryl methyl sites for hydroxylation is 1. The van der Waals surface area contributed by atoms with Crippen molar-refractivity contribution in [2.24, 2.45) is 0 Å². The van der Waals surface area contributed by atoms with Crippen molar-refractivity contribution in [2.45, 2.75) is 58.9 Å². The van der Waals surface area contributed by atoms with E-state index in [1.165, 1.54) is 0 Å². The molecule has 86 valence electrons. The SMILES string of the molecule is CCCc1n[nH]c(=S)n1C(C)(CC)CC. The highest BCUT2D eigenvalue weighted by Gasteiger charge is 2.25. The third-order valence-corrected chi connectivity index (χ3v) is 3.55. The van der Waals surface area contributed by atoms with Gasteiger partial charge in [0, 0.05) is 12.0 Å². The summed E-state index contributed by atoms with van der Waals surface area (Å²) in [6.07, 6.45) is 4.24. The topological polar surface area (TPSA) is 33.6 Å². The number of hydrogen-bond acceptors (Lipinski definition) is 2. The standard InChI is InChI=1S/C11H21N3S/c1-5-8-9-12-13-10(15)14(9)11(4,6-2)7-3/h5-8H2,1-4H3,(H,13,15).